The molecule has 0 aromatic rings. The summed E-state index contributed by atoms with van der Waals surface area (Å²) >= 11 is 0. The van der Waals surface area contributed by atoms with Gasteiger partial charge in [0.2, 0.25) is 0 Å². The smallest absolute Gasteiger partial charge is 0.0615 e. The van der Waals surface area contributed by atoms with E-state index in [1.807, 2.05) is 14.1 Å². The molecule has 13 heavy (non-hydrogen) atoms. The van der Waals surface area contributed by atoms with Crippen LogP contribution < -0.4 is 5.32 Å². The van der Waals surface area contributed by atoms with E-state index in [1.54, 1.807) is 7.11 Å². The molecule has 4 heteroatoms. The fourth-order valence-electron chi connectivity index (χ4n) is 1.14. The summed E-state index contributed by atoms with van der Waals surface area (Å²) in [5.41, 5.74) is 0. The van der Waals surface area contributed by atoms with Gasteiger partial charge in [-0.3, -0.25) is 4.90 Å². The van der Waals surface area contributed by atoms with Gasteiger partial charge < -0.3 is 15.2 Å². The maximum Gasteiger partial charge on any atom is 0.0615 e. The van der Waals surface area contributed by atoms with Crippen LogP contribution in [0.4, 0.5) is 0 Å². The van der Waals surface area contributed by atoms with Crippen LogP contribution in [0.2, 0.25) is 0 Å². The third-order valence-electron chi connectivity index (χ3n) is 2.30. The number of rotatable bonds is 7. The lowest BCUT2D eigenvalue weighted by Crippen LogP contribution is -2.44. The van der Waals surface area contributed by atoms with Gasteiger partial charge >= 0.3 is 0 Å². The zero-order valence-electron chi connectivity index (χ0n) is 9.08. The van der Waals surface area contributed by atoms with E-state index in [-0.39, 0.29) is 12.6 Å². The molecule has 0 amide bonds. The van der Waals surface area contributed by atoms with Crippen molar-refractivity contribution in [3.63, 3.8) is 0 Å². The molecule has 0 radical (unpaired) electrons. The molecule has 2 unspecified atom stereocenters. The first-order valence-corrected chi connectivity index (χ1v) is 4.63. The van der Waals surface area contributed by atoms with E-state index in [1.165, 1.54) is 0 Å². The van der Waals surface area contributed by atoms with Crippen LogP contribution in [0.25, 0.3) is 0 Å². The molecular weight excluding hydrogens is 168 g/mol. The number of methoxy groups -OCH3 is 1. The number of aliphatic hydroxyl groups excluding tert-OH is 1. The van der Waals surface area contributed by atoms with Crippen molar-refractivity contribution in [2.45, 2.75) is 19.0 Å². The van der Waals surface area contributed by atoms with Crippen LogP contribution in [0.5, 0.6) is 0 Å². The first kappa shape index (κ1) is 12.8. The molecule has 0 saturated heterocycles. The summed E-state index contributed by atoms with van der Waals surface area (Å²) in [5, 5.41) is 12.0. The lowest BCUT2D eigenvalue weighted by molar-refractivity contribution is 0.102. The lowest BCUT2D eigenvalue weighted by atomic mass is 10.2. The molecule has 4 nitrogen and oxygen atoms in total. The summed E-state index contributed by atoms with van der Waals surface area (Å²) in [6.45, 7) is 3.82. The molecule has 0 saturated carbocycles. The number of nitrogens with zero attached hydrogens (tertiary/aromatic N) is 1. The number of aliphatic hydroxyl groups is 1. The van der Waals surface area contributed by atoms with E-state index >= 15 is 0 Å². The third kappa shape index (κ3) is 5.21. The highest BCUT2D eigenvalue weighted by atomic mass is 16.5. The Morgan fingerprint density at radius 3 is 2.54 bits per heavy atom. The van der Waals surface area contributed by atoms with Crippen LogP contribution in [0.15, 0.2) is 0 Å². The minimum atomic E-state index is 0.143. The molecule has 0 aliphatic carbocycles. The fourth-order valence-corrected chi connectivity index (χ4v) is 1.14. The van der Waals surface area contributed by atoms with Crippen LogP contribution in [-0.2, 0) is 4.74 Å². The number of likely N-dealkylation sites (N-methyl/N-ethyl adjacent to an activating group) is 2. The van der Waals surface area contributed by atoms with Gasteiger partial charge in [0.05, 0.1) is 13.2 Å². The largest absolute Gasteiger partial charge is 0.395 e. The number of hydrogen-bond donors (Lipinski definition) is 2. The molecule has 0 aromatic heterocycles. The monoisotopic (exact) mass is 190 g/mol. The Bertz CT molecular complexity index is 118. The Morgan fingerprint density at radius 1 is 1.54 bits per heavy atom. The maximum absolute atomic E-state index is 8.97. The van der Waals surface area contributed by atoms with Gasteiger partial charge in [-0.1, -0.05) is 0 Å². The lowest BCUT2D eigenvalue weighted by Gasteiger charge is -2.27. The number of hydrogen-bond acceptors (Lipinski definition) is 4. The first-order valence-electron chi connectivity index (χ1n) is 4.63. The molecule has 0 bridgehead atoms. The van der Waals surface area contributed by atoms with E-state index in [0.29, 0.717) is 6.04 Å². The van der Waals surface area contributed by atoms with Crippen LogP contribution in [0.1, 0.15) is 6.92 Å². The van der Waals surface area contributed by atoms with E-state index in [4.69, 9.17) is 9.84 Å². The predicted octanol–water partition coefficient (Wildman–Crippen LogP) is -0.467. The van der Waals surface area contributed by atoms with Crippen molar-refractivity contribution in [1.29, 1.82) is 0 Å². The van der Waals surface area contributed by atoms with E-state index in [9.17, 15) is 0 Å². The number of nitrogens with one attached hydrogen (secondary N) is 1. The van der Waals surface area contributed by atoms with Crippen LogP contribution in [-0.4, -0.2) is 63.1 Å². The zero-order valence-corrected chi connectivity index (χ0v) is 9.08. The van der Waals surface area contributed by atoms with E-state index < -0.39 is 0 Å². The minimum Gasteiger partial charge on any atom is -0.395 e. The topological polar surface area (TPSA) is 44.7 Å². The van der Waals surface area contributed by atoms with Gasteiger partial charge in [0.15, 0.2) is 0 Å². The van der Waals surface area contributed by atoms with Crippen molar-refractivity contribution in [3.05, 3.63) is 0 Å². The van der Waals surface area contributed by atoms with Crippen LogP contribution in [0.3, 0.4) is 0 Å². The molecule has 0 heterocycles. The van der Waals surface area contributed by atoms with Gasteiger partial charge in [-0.2, -0.15) is 0 Å². The van der Waals surface area contributed by atoms with Crippen molar-refractivity contribution < 1.29 is 9.84 Å². The number of ether oxygens (including phenoxy) is 1. The average molecular weight is 190 g/mol. The summed E-state index contributed by atoms with van der Waals surface area (Å²) in [6, 6.07) is 0.525. The molecule has 0 rings (SSSR count). The Morgan fingerprint density at radius 2 is 2.15 bits per heavy atom. The second kappa shape index (κ2) is 7.26. The Hall–Kier alpha value is -0.160. The standard InChI is InChI=1S/C9H22N2O2/c1-8(7-13-4)11(3)5-9(6-12)10-2/h8-10,12H,5-7H2,1-4H3. The Labute approximate surface area is 80.9 Å². The molecule has 0 aliphatic rings. The molecule has 2 N–H and O–H groups in total. The molecular formula is C9H22N2O2. The Balaban J connectivity index is 3.75. The third-order valence-corrected chi connectivity index (χ3v) is 2.30. The molecule has 2 atom stereocenters. The van der Waals surface area contributed by atoms with Gasteiger partial charge in [-0.25, -0.2) is 0 Å². The van der Waals surface area contributed by atoms with E-state index in [0.717, 1.165) is 13.2 Å². The van der Waals surface area contributed by atoms with Crippen molar-refractivity contribution in [2.24, 2.45) is 0 Å². The van der Waals surface area contributed by atoms with Crippen molar-refractivity contribution in [1.82, 2.24) is 10.2 Å². The van der Waals surface area contributed by atoms with E-state index in [2.05, 4.69) is 17.1 Å². The first-order chi connectivity index (χ1) is 6.15. The van der Waals surface area contributed by atoms with Gasteiger partial charge in [0, 0.05) is 25.7 Å². The average Bonchev–Trinajstić information content (AvgIpc) is 2.14. The minimum absolute atomic E-state index is 0.143. The normalized spacial score (nSPS) is 16.2. The second-order valence-electron chi connectivity index (χ2n) is 3.41. The summed E-state index contributed by atoms with van der Waals surface area (Å²) in [4.78, 5) is 2.17. The highest BCUT2D eigenvalue weighted by molar-refractivity contribution is 4.71. The summed E-state index contributed by atoms with van der Waals surface area (Å²) < 4.78 is 5.05. The fraction of sp³-hybridized carbons (Fsp3) is 1.00. The maximum atomic E-state index is 8.97. The zero-order chi connectivity index (χ0) is 10.3. The molecule has 0 aromatic carbocycles. The highest BCUT2D eigenvalue weighted by Gasteiger charge is 2.13. The summed E-state index contributed by atoms with van der Waals surface area (Å²) in [5.74, 6) is 0. The summed E-state index contributed by atoms with van der Waals surface area (Å²) in [7, 11) is 5.59. The molecule has 0 aliphatic heterocycles. The highest BCUT2D eigenvalue weighted by Crippen LogP contribution is 1.97. The Kier molecular flexibility index (Phi) is 7.17. The van der Waals surface area contributed by atoms with Gasteiger partial charge in [0.1, 0.15) is 0 Å². The van der Waals surface area contributed by atoms with Crippen molar-refractivity contribution >= 4 is 0 Å². The molecule has 80 valence electrons. The molecule has 0 spiro atoms. The van der Waals surface area contributed by atoms with Crippen molar-refractivity contribution in [2.75, 3.05) is 41.0 Å². The summed E-state index contributed by atoms with van der Waals surface area (Å²) in [6.07, 6.45) is 0. The van der Waals surface area contributed by atoms with Crippen LogP contribution >= 0.6 is 0 Å². The van der Waals surface area contributed by atoms with Gasteiger partial charge in [0.25, 0.3) is 0 Å². The van der Waals surface area contributed by atoms with Gasteiger partial charge in [-0.05, 0) is 21.0 Å². The van der Waals surface area contributed by atoms with Crippen molar-refractivity contribution in [3.8, 4) is 0 Å². The molecule has 0 fully saturated rings. The van der Waals surface area contributed by atoms with Gasteiger partial charge in [-0.15, -0.1) is 0 Å². The predicted molar refractivity (Wildman–Crippen MR) is 53.9 cm³/mol. The SMILES string of the molecule is CNC(CO)CN(C)C(C)COC. The second-order valence-corrected chi connectivity index (χ2v) is 3.41. The van der Waals surface area contributed by atoms with Crippen LogP contribution in [0, 0.1) is 0 Å². The quantitative estimate of drug-likeness (QED) is 0.570.